The van der Waals surface area contributed by atoms with Crippen LogP contribution in [0.5, 0.6) is 0 Å². The first kappa shape index (κ1) is 11.3. The Kier molecular flexibility index (Phi) is 2.39. The van der Waals surface area contributed by atoms with Gasteiger partial charge in [0.05, 0.1) is 11.6 Å². The van der Waals surface area contributed by atoms with Crippen LogP contribution in [0.1, 0.15) is 44.1 Å². The SMILES string of the molecule is N#Cc1ccc(NC23CC4CC(CC(C4)C2)C3)cc1. The summed E-state index contributed by atoms with van der Waals surface area (Å²) in [5, 5.41) is 12.7. The van der Waals surface area contributed by atoms with Crippen molar-refractivity contribution < 1.29 is 0 Å². The summed E-state index contributed by atoms with van der Waals surface area (Å²) >= 11 is 0. The fourth-order valence-electron chi connectivity index (χ4n) is 5.20. The van der Waals surface area contributed by atoms with E-state index < -0.39 is 0 Å². The smallest absolute Gasteiger partial charge is 0.0991 e. The minimum atomic E-state index is 0.364. The number of nitrogens with zero attached hydrogens (tertiary/aromatic N) is 1. The monoisotopic (exact) mass is 252 g/mol. The molecule has 1 aromatic carbocycles. The first-order valence-corrected chi connectivity index (χ1v) is 7.53. The van der Waals surface area contributed by atoms with Crippen LogP contribution in [0.25, 0.3) is 0 Å². The molecule has 0 spiro atoms. The molecule has 0 heterocycles. The van der Waals surface area contributed by atoms with Crippen molar-refractivity contribution in [3.8, 4) is 6.07 Å². The van der Waals surface area contributed by atoms with Gasteiger partial charge < -0.3 is 5.32 Å². The molecule has 1 N–H and O–H groups in total. The average molecular weight is 252 g/mol. The molecule has 4 aliphatic carbocycles. The standard InChI is InChI=1S/C17H20N2/c18-11-12-1-3-16(4-2-12)19-17-8-13-5-14(9-17)7-15(6-13)10-17/h1-4,13-15,19H,5-10H2. The Labute approximate surface area is 114 Å². The van der Waals surface area contributed by atoms with Crippen molar-refractivity contribution in [2.75, 3.05) is 5.32 Å². The first-order chi connectivity index (χ1) is 9.25. The molecule has 0 unspecified atom stereocenters. The van der Waals surface area contributed by atoms with Crippen molar-refractivity contribution in [3.63, 3.8) is 0 Å². The van der Waals surface area contributed by atoms with Crippen LogP contribution in [0.2, 0.25) is 0 Å². The highest BCUT2D eigenvalue weighted by molar-refractivity contribution is 5.49. The molecule has 0 saturated heterocycles. The Bertz CT molecular complexity index is 488. The maximum Gasteiger partial charge on any atom is 0.0991 e. The highest BCUT2D eigenvalue weighted by atomic mass is 15.0. The summed E-state index contributed by atoms with van der Waals surface area (Å²) < 4.78 is 0. The fraction of sp³-hybridized carbons (Fsp3) is 0.588. The largest absolute Gasteiger partial charge is 0.380 e. The maximum absolute atomic E-state index is 8.86. The lowest BCUT2D eigenvalue weighted by Gasteiger charge is -2.57. The molecule has 19 heavy (non-hydrogen) atoms. The summed E-state index contributed by atoms with van der Waals surface area (Å²) in [6.07, 6.45) is 8.52. The Morgan fingerprint density at radius 2 is 1.47 bits per heavy atom. The van der Waals surface area contributed by atoms with Gasteiger partial charge >= 0.3 is 0 Å². The number of rotatable bonds is 2. The summed E-state index contributed by atoms with van der Waals surface area (Å²) in [6.45, 7) is 0. The molecule has 2 heteroatoms. The number of benzene rings is 1. The maximum atomic E-state index is 8.86. The Morgan fingerprint density at radius 3 is 1.95 bits per heavy atom. The number of nitriles is 1. The topological polar surface area (TPSA) is 35.8 Å². The summed E-state index contributed by atoms with van der Waals surface area (Å²) in [7, 11) is 0. The van der Waals surface area contributed by atoms with Gasteiger partial charge in [-0.25, -0.2) is 0 Å². The lowest BCUT2D eigenvalue weighted by molar-refractivity contribution is 0.0107. The number of anilines is 1. The molecule has 0 aromatic heterocycles. The van der Waals surface area contributed by atoms with Crippen LogP contribution in [0.3, 0.4) is 0 Å². The van der Waals surface area contributed by atoms with Crippen molar-refractivity contribution in [2.24, 2.45) is 17.8 Å². The van der Waals surface area contributed by atoms with Crippen molar-refractivity contribution in [2.45, 2.75) is 44.1 Å². The van der Waals surface area contributed by atoms with E-state index in [1.54, 1.807) is 0 Å². The van der Waals surface area contributed by atoms with E-state index in [-0.39, 0.29) is 0 Å². The van der Waals surface area contributed by atoms with Gasteiger partial charge in [0, 0.05) is 11.2 Å². The van der Waals surface area contributed by atoms with Gasteiger partial charge in [-0.3, -0.25) is 0 Å². The molecule has 0 radical (unpaired) electrons. The minimum Gasteiger partial charge on any atom is -0.380 e. The molecule has 4 bridgehead atoms. The molecule has 4 saturated carbocycles. The molecular formula is C17H20N2. The Hall–Kier alpha value is -1.49. The van der Waals surface area contributed by atoms with Gasteiger partial charge in [-0.15, -0.1) is 0 Å². The van der Waals surface area contributed by atoms with E-state index >= 15 is 0 Å². The molecule has 2 nitrogen and oxygen atoms in total. The van der Waals surface area contributed by atoms with Gasteiger partial charge in [0.1, 0.15) is 0 Å². The van der Waals surface area contributed by atoms with Crippen molar-refractivity contribution in [3.05, 3.63) is 29.8 Å². The van der Waals surface area contributed by atoms with Gasteiger partial charge in [0.2, 0.25) is 0 Å². The highest BCUT2D eigenvalue weighted by Crippen LogP contribution is 2.56. The number of hydrogen-bond donors (Lipinski definition) is 1. The predicted octanol–water partition coefficient (Wildman–Crippen LogP) is 3.94. The van der Waals surface area contributed by atoms with Gasteiger partial charge in [0.15, 0.2) is 0 Å². The molecule has 1 aromatic rings. The average Bonchev–Trinajstić information content (AvgIpc) is 2.37. The van der Waals surface area contributed by atoms with E-state index in [9.17, 15) is 0 Å². The zero-order valence-electron chi connectivity index (χ0n) is 11.2. The third kappa shape index (κ3) is 1.92. The molecule has 4 fully saturated rings. The van der Waals surface area contributed by atoms with Gasteiger partial charge in [-0.1, -0.05) is 0 Å². The Balaban J connectivity index is 1.57. The first-order valence-electron chi connectivity index (χ1n) is 7.53. The molecule has 0 atom stereocenters. The van der Waals surface area contributed by atoms with Gasteiger partial charge in [-0.05, 0) is 80.5 Å². The predicted molar refractivity (Wildman–Crippen MR) is 75.7 cm³/mol. The van der Waals surface area contributed by atoms with Crippen LogP contribution in [0.15, 0.2) is 24.3 Å². The van der Waals surface area contributed by atoms with E-state index in [1.807, 2.05) is 12.1 Å². The van der Waals surface area contributed by atoms with E-state index in [1.165, 1.54) is 44.2 Å². The molecular weight excluding hydrogens is 232 g/mol. The van der Waals surface area contributed by atoms with Crippen molar-refractivity contribution >= 4 is 5.69 Å². The van der Waals surface area contributed by atoms with Gasteiger partial charge in [0.25, 0.3) is 0 Å². The third-order valence-electron chi connectivity index (χ3n) is 5.46. The van der Waals surface area contributed by atoms with Crippen LogP contribution in [-0.4, -0.2) is 5.54 Å². The second-order valence-electron chi connectivity index (χ2n) is 7.01. The zero-order valence-corrected chi connectivity index (χ0v) is 11.2. The summed E-state index contributed by atoms with van der Waals surface area (Å²) in [6, 6.07) is 10.2. The van der Waals surface area contributed by atoms with Crippen molar-refractivity contribution in [1.29, 1.82) is 5.26 Å². The van der Waals surface area contributed by atoms with E-state index in [0.29, 0.717) is 5.54 Å². The quantitative estimate of drug-likeness (QED) is 0.865. The summed E-state index contributed by atoms with van der Waals surface area (Å²) in [4.78, 5) is 0. The van der Waals surface area contributed by atoms with Crippen molar-refractivity contribution in [1.82, 2.24) is 0 Å². The lowest BCUT2D eigenvalue weighted by Crippen LogP contribution is -2.54. The third-order valence-corrected chi connectivity index (χ3v) is 5.46. The van der Waals surface area contributed by atoms with E-state index in [2.05, 4.69) is 23.5 Å². The highest BCUT2D eigenvalue weighted by Gasteiger charge is 2.50. The van der Waals surface area contributed by atoms with Crippen LogP contribution in [-0.2, 0) is 0 Å². The van der Waals surface area contributed by atoms with Crippen LogP contribution in [0.4, 0.5) is 5.69 Å². The van der Waals surface area contributed by atoms with Crippen LogP contribution in [0, 0.1) is 29.1 Å². The summed E-state index contributed by atoms with van der Waals surface area (Å²) in [5.74, 6) is 2.91. The molecule has 5 rings (SSSR count). The second-order valence-corrected chi connectivity index (χ2v) is 7.01. The van der Waals surface area contributed by atoms with Gasteiger partial charge in [-0.2, -0.15) is 5.26 Å². The van der Waals surface area contributed by atoms with E-state index in [0.717, 1.165) is 23.3 Å². The summed E-state index contributed by atoms with van der Waals surface area (Å²) in [5.41, 5.74) is 2.31. The number of nitrogens with one attached hydrogen (secondary N) is 1. The molecule has 4 aliphatic rings. The molecule has 0 amide bonds. The lowest BCUT2D eigenvalue weighted by atomic mass is 9.53. The normalized spacial score (nSPS) is 39.0. The molecule has 98 valence electrons. The fourth-order valence-corrected chi connectivity index (χ4v) is 5.20. The Morgan fingerprint density at radius 1 is 0.947 bits per heavy atom. The van der Waals surface area contributed by atoms with Crippen LogP contribution < -0.4 is 5.32 Å². The van der Waals surface area contributed by atoms with E-state index in [4.69, 9.17) is 5.26 Å². The zero-order chi connectivity index (χ0) is 12.9. The minimum absolute atomic E-state index is 0.364. The number of hydrogen-bond acceptors (Lipinski definition) is 2. The molecule has 0 aliphatic heterocycles. The van der Waals surface area contributed by atoms with Crippen LogP contribution >= 0.6 is 0 Å². The second kappa shape index (κ2) is 4.00.